The largest absolute Gasteiger partial charge is 0.314 e. The van der Waals surface area contributed by atoms with Gasteiger partial charge < -0.3 is 10.2 Å². The van der Waals surface area contributed by atoms with Crippen LogP contribution in [0.5, 0.6) is 0 Å². The summed E-state index contributed by atoms with van der Waals surface area (Å²) >= 11 is 0. The van der Waals surface area contributed by atoms with Crippen LogP contribution in [-0.2, 0) is 10.2 Å². The fourth-order valence-corrected chi connectivity index (χ4v) is 4.77. The summed E-state index contributed by atoms with van der Waals surface area (Å²) in [5, 5.41) is 3.20. The van der Waals surface area contributed by atoms with Crippen LogP contribution in [0.25, 0.3) is 0 Å². The zero-order valence-electron chi connectivity index (χ0n) is 12.0. The lowest BCUT2D eigenvalue weighted by Gasteiger charge is -2.35. The molecule has 1 atom stereocenters. The van der Waals surface area contributed by atoms with Gasteiger partial charge in [-0.1, -0.05) is 6.92 Å². The molecule has 1 N–H and O–H groups in total. The van der Waals surface area contributed by atoms with Crippen molar-refractivity contribution in [2.45, 2.75) is 25.8 Å². The number of nitrogens with zero attached hydrogens (tertiary/aromatic N) is 3. The topological polar surface area (TPSA) is 55.9 Å². The van der Waals surface area contributed by atoms with Crippen LogP contribution in [0.4, 0.5) is 0 Å². The minimum atomic E-state index is -3.29. The Morgan fingerprint density at radius 1 is 1.16 bits per heavy atom. The molecule has 0 bridgehead atoms. The van der Waals surface area contributed by atoms with Crippen molar-refractivity contribution in [3.8, 4) is 0 Å². The van der Waals surface area contributed by atoms with Crippen LogP contribution in [0.3, 0.4) is 0 Å². The number of piperazine rings is 1. The highest BCUT2D eigenvalue weighted by molar-refractivity contribution is 7.86. The van der Waals surface area contributed by atoms with Crippen molar-refractivity contribution < 1.29 is 8.42 Å². The molecule has 2 rings (SSSR count). The molecule has 0 radical (unpaired) electrons. The van der Waals surface area contributed by atoms with Crippen LogP contribution in [0.1, 0.15) is 19.8 Å². The third-order valence-electron chi connectivity index (χ3n) is 4.02. The third-order valence-corrected chi connectivity index (χ3v) is 6.11. The second kappa shape index (κ2) is 6.49. The Morgan fingerprint density at radius 2 is 1.84 bits per heavy atom. The summed E-state index contributed by atoms with van der Waals surface area (Å²) in [6.07, 6.45) is 1.79. The van der Waals surface area contributed by atoms with E-state index >= 15 is 0 Å². The Balaban J connectivity index is 2.16. The van der Waals surface area contributed by atoms with Crippen molar-refractivity contribution in [3.63, 3.8) is 0 Å². The summed E-state index contributed by atoms with van der Waals surface area (Å²) in [6, 6.07) is 0.104. The van der Waals surface area contributed by atoms with Gasteiger partial charge in [-0.25, -0.2) is 0 Å². The normalized spacial score (nSPS) is 29.3. The molecule has 1 unspecified atom stereocenters. The van der Waals surface area contributed by atoms with E-state index in [0.717, 1.165) is 39.0 Å². The van der Waals surface area contributed by atoms with Crippen molar-refractivity contribution in [1.29, 1.82) is 0 Å². The van der Waals surface area contributed by atoms with E-state index in [0.29, 0.717) is 19.6 Å². The zero-order valence-corrected chi connectivity index (χ0v) is 12.8. The quantitative estimate of drug-likeness (QED) is 0.765. The maximum atomic E-state index is 12.8. The maximum absolute atomic E-state index is 12.8. The molecular formula is C12H26N4O2S. The van der Waals surface area contributed by atoms with Gasteiger partial charge in [-0.3, -0.25) is 0 Å². The molecule has 112 valence electrons. The van der Waals surface area contributed by atoms with Gasteiger partial charge in [-0.15, -0.1) is 0 Å². The highest BCUT2D eigenvalue weighted by atomic mass is 32.2. The average Bonchev–Trinajstić information content (AvgIpc) is 2.61. The first-order valence-corrected chi connectivity index (χ1v) is 8.61. The predicted molar refractivity (Wildman–Crippen MR) is 76.3 cm³/mol. The third kappa shape index (κ3) is 3.46. The van der Waals surface area contributed by atoms with Gasteiger partial charge in [0.05, 0.1) is 0 Å². The summed E-state index contributed by atoms with van der Waals surface area (Å²) in [6.45, 7) is 7.22. The highest BCUT2D eigenvalue weighted by Crippen LogP contribution is 2.19. The van der Waals surface area contributed by atoms with Crippen LogP contribution in [0.2, 0.25) is 0 Å². The fraction of sp³-hybridized carbons (Fsp3) is 1.00. The lowest BCUT2D eigenvalue weighted by atomic mass is 10.2. The molecule has 0 amide bonds. The number of hydrogen-bond acceptors (Lipinski definition) is 4. The zero-order chi connectivity index (χ0) is 13.9. The first kappa shape index (κ1) is 15.2. The second-order valence-corrected chi connectivity index (χ2v) is 7.33. The first-order valence-electron chi connectivity index (χ1n) is 7.22. The Bertz CT molecular complexity index is 381. The average molecular weight is 290 g/mol. The summed E-state index contributed by atoms with van der Waals surface area (Å²) < 4.78 is 28.9. The maximum Gasteiger partial charge on any atom is 0.282 e. The van der Waals surface area contributed by atoms with E-state index in [9.17, 15) is 8.42 Å². The highest BCUT2D eigenvalue weighted by Gasteiger charge is 2.36. The minimum Gasteiger partial charge on any atom is -0.314 e. The van der Waals surface area contributed by atoms with E-state index in [1.165, 1.54) is 0 Å². The smallest absolute Gasteiger partial charge is 0.282 e. The molecule has 0 aromatic heterocycles. The minimum absolute atomic E-state index is 0.104. The van der Waals surface area contributed by atoms with Gasteiger partial charge in [0.1, 0.15) is 0 Å². The molecule has 2 fully saturated rings. The summed E-state index contributed by atoms with van der Waals surface area (Å²) in [7, 11) is -1.22. The van der Waals surface area contributed by atoms with E-state index in [1.54, 1.807) is 8.61 Å². The van der Waals surface area contributed by atoms with E-state index in [-0.39, 0.29) is 6.04 Å². The van der Waals surface area contributed by atoms with Crippen molar-refractivity contribution in [1.82, 2.24) is 18.8 Å². The van der Waals surface area contributed by atoms with Gasteiger partial charge >= 0.3 is 0 Å². The Morgan fingerprint density at radius 3 is 2.47 bits per heavy atom. The van der Waals surface area contributed by atoms with Crippen molar-refractivity contribution >= 4 is 10.2 Å². The molecule has 2 aliphatic rings. The van der Waals surface area contributed by atoms with Crippen molar-refractivity contribution in [2.75, 3.05) is 52.9 Å². The molecule has 0 spiro atoms. The van der Waals surface area contributed by atoms with E-state index in [2.05, 4.69) is 24.2 Å². The van der Waals surface area contributed by atoms with Gasteiger partial charge in [0.25, 0.3) is 10.2 Å². The standard InChI is InChI=1S/C12H26N4O2S/c1-3-12-11-14(2)7-4-8-16(12)19(17,18)15-9-5-13-6-10-15/h12-13H,3-11H2,1-2H3. The van der Waals surface area contributed by atoms with Gasteiger partial charge in [0, 0.05) is 45.3 Å². The van der Waals surface area contributed by atoms with Crippen LogP contribution >= 0.6 is 0 Å². The van der Waals surface area contributed by atoms with Crippen molar-refractivity contribution in [2.24, 2.45) is 0 Å². The monoisotopic (exact) mass is 290 g/mol. The SMILES string of the molecule is CCC1CN(C)CCCN1S(=O)(=O)N1CCNCC1. The number of nitrogens with one attached hydrogen (secondary N) is 1. The van der Waals surface area contributed by atoms with Gasteiger partial charge in [0.15, 0.2) is 0 Å². The fourth-order valence-electron chi connectivity index (χ4n) is 2.88. The summed E-state index contributed by atoms with van der Waals surface area (Å²) in [5.41, 5.74) is 0. The Hall–Kier alpha value is -0.210. The molecule has 0 aromatic carbocycles. The lowest BCUT2D eigenvalue weighted by Crippen LogP contribution is -2.55. The molecule has 0 aliphatic carbocycles. The van der Waals surface area contributed by atoms with Crippen molar-refractivity contribution in [3.05, 3.63) is 0 Å². The van der Waals surface area contributed by atoms with Crippen LogP contribution in [0.15, 0.2) is 0 Å². The molecule has 2 saturated heterocycles. The van der Waals surface area contributed by atoms with E-state index in [1.807, 2.05) is 0 Å². The molecule has 0 aromatic rings. The second-order valence-electron chi connectivity index (χ2n) is 5.45. The molecular weight excluding hydrogens is 264 g/mol. The van der Waals surface area contributed by atoms with E-state index in [4.69, 9.17) is 0 Å². The summed E-state index contributed by atoms with van der Waals surface area (Å²) in [5.74, 6) is 0. The molecule has 7 heteroatoms. The van der Waals surface area contributed by atoms with E-state index < -0.39 is 10.2 Å². The molecule has 0 saturated carbocycles. The number of hydrogen-bond donors (Lipinski definition) is 1. The number of likely N-dealkylation sites (N-methyl/N-ethyl adjacent to an activating group) is 1. The number of rotatable bonds is 3. The molecule has 2 aliphatic heterocycles. The predicted octanol–water partition coefficient (Wildman–Crippen LogP) is -0.447. The van der Waals surface area contributed by atoms with Crippen LogP contribution in [0, 0.1) is 0 Å². The summed E-state index contributed by atoms with van der Waals surface area (Å²) in [4.78, 5) is 2.24. The van der Waals surface area contributed by atoms with Gasteiger partial charge in [-0.2, -0.15) is 17.0 Å². The van der Waals surface area contributed by atoms with Crippen LogP contribution < -0.4 is 5.32 Å². The lowest BCUT2D eigenvalue weighted by molar-refractivity contribution is 0.247. The Labute approximate surface area is 116 Å². The Kier molecular flexibility index (Phi) is 5.19. The first-order chi connectivity index (χ1) is 9.05. The molecule has 2 heterocycles. The van der Waals surface area contributed by atoms with Gasteiger partial charge in [-0.05, 0) is 26.4 Å². The molecule has 19 heavy (non-hydrogen) atoms. The van der Waals surface area contributed by atoms with Crippen LogP contribution in [-0.4, -0.2) is 80.8 Å². The van der Waals surface area contributed by atoms with Gasteiger partial charge in [0.2, 0.25) is 0 Å². The molecule has 6 nitrogen and oxygen atoms in total.